The monoisotopic (exact) mass is 269 g/mol. The van der Waals surface area contributed by atoms with Gasteiger partial charge in [0.2, 0.25) is 0 Å². The maximum atomic E-state index is 9.71. The molecule has 0 aliphatic rings. The second-order valence-electron chi connectivity index (χ2n) is 5.41. The number of hydrogen-bond acceptors (Lipinski definition) is 2. The quantitative estimate of drug-likeness (QED) is 0.785. The maximum Gasteiger partial charge on any atom is 0.118 e. The summed E-state index contributed by atoms with van der Waals surface area (Å²) in [5, 5.41) is 13.2. The Morgan fingerprint density at radius 2 is 1.70 bits per heavy atom. The second kappa shape index (κ2) is 6.00. The number of phenolic OH excluding ortho intramolecular Hbond substituents is 1. The van der Waals surface area contributed by atoms with Crippen LogP contribution in [0.2, 0.25) is 0 Å². The van der Waals surface area contributed by atoms with Gasteiger partial charge in [0, 0.05) is 11.7 Å². The highest BCUT2D eigenvalue weighted by Gasteiger charge is 2.09. The molecule has 0 amide bonds. The lowest BCUT2D eigenvalue weighted by molar-refractivity contribution is 0.470. The van der Waals surface area contributed by atoms with Crippen molar-refractivity contribution >= 4 is 5.69 Å². The molecule has 106 valence electrons. The Labute approximate surface area is 121 Å². The average Bonchev–Trinajstić information content (AvgIpc) is 2.44. The van der Waals surface area contributed by atoms with Gasteiger partial charge >= 0.3 is 0 Å². The fourth-order valence-corrected chi connectivity index (χ4v) is 2.32. The first-order chi connectivity index (χ1) is 9.51. The first-order valence-corrected chi connectivity index (χ1v) is 7.17. The van der Waals surface area contributed by atoms with Gasteiger partial charge in [0.1, 0.15) is 5.75 Å². The van der Waals surface area contributed by atoms with Crippen molar-refractivity contribution in [2.45, 2.75) is 40.2 Å². The molecule has 0 fully saturated rings. The molecule has 0 heterocycles. The third kappa shape index (κ3) is 3.13. The van der Waals surface area contributed by atoms with Crippen molar-refractivity contribution < 1.29 is 5.11 Å². The molecule has 0 saturated carbocycles. The number of aryl methyl sites for hydroxylation is 3. The molecule has 2 rings (SSSR count). The van der Waals surface area contributed by atoms with E-state index in [-0.39, 0.29) is 6.04 Å². The van der Waals surface area contributed by atoms with Crippen LogP contribution < -0.4 is 5.32 Å². The van der Waals surface area contributed by atoms with Crippen LogP contribution in [0.25, 0.3) is 0 Å². The lowest BCUT2D eigenvalue weighted by Crippen LogP contribution is -2.08. The maximum absolute atomic E-state index is 9.71. The van der Waals surface area contributed by atoms with Crippen LogP contribution in [0.5, 0.6) is 5.75 Å². The fourth-order valence-electron chi connectivity index (χ4n) is 2.32. The van der Waals surface area contributed by atoms with Crippen molar-refractivity contribution in [2.75, 3.05) is 5.32 Å². The predicted octanol–water partition coefficient (Wildman–Crippen LogP) is 4.74. The van der Waals surface area contributed by atoms with Crippen LogP contribution in [0.4, 0.5) is 5.69 Å². The molecule has 2 heteroatoms. The third-order valence-electron chi connectivity index (χ3n) is 3.80. The molecule has 2 aromatic rings. The van der Waals surface area contributed by atoms with Crippen LogP contribution in [0, 0.1) is 13.8 Å². The number of rotatable bonds is 4. The minimum Gasteiger partial charge on any atom is -0.508 e. The molecule has 0 aliphatic heterocycles. The standard InChI is InChI=1S/C18H23NO/c1-5-15-6-8-16(9-7-15)14(4)19-17-10-13(3)18(20)11-12(17)2/h6-11,14,19-20H,5H2,1-4H3. The Morgan fingerprint density at radius 3 is 2.30 bits per heavy atom. The van der Waals surface area contributed by atoms with E-state index >= 15 is 0 Å². The zero-order chi connectivity index (χ0) is 14.7. The number of anilines is 1. The van der Waals surface area contributed by atoms with Crippen molar-refractivity contribution in [2.24, 2.45) is 0 Å². The molecule has 2 nitrogen and oxygen atoms in total. The van der Waals surface area contributed by atoms with Crippen molar-refractivity contribution in [1.29, 1.82) is 0 Å². The zero-order valence-electron chi connectivity index (χ0n) is 12.7. The summed E-state index contributed by atoms with van der Waals surface area (Å²) in [4.78, 5) is 0. The van der Waals surface area contributed by atoms with Gasteiger partial charge in [-0.15, -0.1) is 0 Å². The molecule has 0 spiro atoms. The number of hydrogen-bond donors (Lipinski definition) is 2. The van der Waals surface area contributed by atoms with E-state index in [0.29, 0.717) is 5.75 Å². The Hall–Kier alpha value is -1.96. The highest BCUT2D eigenvalue weighted by atomic mass is 16.3. The summed E-state index contributed by atoms with van der Waals surface area (Å²) in [6.07, 6.45) is 1.07. The van der Waals surface area contributed by atoms with E-state index in [1.807, 2.05) is 26.0 Å². The largest absolute Gasteiger partial charge is 0.508 e. The van der Waals surface area contributed by atoms with E-state index in [9.17, 15) is 5.11 Å². The molecule has 0 radical (unpaired) electrons. The van der Waals surface area contributed by atoms with Crippen LogP contribution in [-0.4, -0.2) is 5.11 Å². The Kier molecular flexibility index (Phi) is 4.33. The Balaban J connectivity index is 2.18. The van der Waals surface area contributed by atoms with Crippen molar-refractivity contribution in [3.8, 4) is 5.75 Å². The Morgan fingerprint density at radius 1 is 1.05 bits per heavy atom. The summed E-state index contributed by atoms with van der Waals surface area (Å²) >= 11 is 0. The van der Waals surface area contributed by atoms with E-state index in [1.165, 1.54) is 11.1 Å². The fraction of sp³-hybridized carbons (Fsp3) is 0.333. The van der Waals surface area contributed by atoms with E-state index in [1.54, 1.807) is 0 Å². The topological polar surface area (TPSA) is 32.3 Å². The molecule has 0 bridgehead atoms. The van der Waals surface area contributed by atoms with Gasteiger partial charge in [0.05, 0.1) is 0 Å². The van der Waals surface area contributed by atoms with E-state index in [4.69, 9.17) is 0 Å². The summed E-state index contributed by atoms with van der Waals surface area (Å²) in [7, 11) is 0. The molecule has 1 atom stereocenters. The lowest BCUT2D eigenvalue weighted by Gasteiger charge is -2.18. The van der Waals surface area contributed by atoms with Crippen LogP contribution in [0.1, 0.15) is 42.1 Å². The number of nitrogens with one attached hydrogen (secondary N) is 1. The van der Waals surface area contributed by atoms with Gasteiger partial charge in [-0.05, 0) is 61.6 Å². The number of benzene rings is 2. The first-order valence-electron chi connectivity index (χ1n) is 7.17. The number of aromatic hydroxyl groups is 1. The minimum atomic E-state index is 0.239. The molecule has 0 aromatic heterocycles. The summed E-state index contributed by atoms with van der Waals surface area (Å²) in [5.41, 5.74) is 5.66. The zero-order valence-corrected chi connectivity index (χ0v) is 12.7. The van der Waals surface area contributed by atoms with Gasteiger partial charge in [-0.25, -0.2) is 0 Å². The molecule has 20 heavy (non-hydrogen) atoms. The molecular formula is C18H23NO. The van der Waals surface area contributed by atoms with Crippen molar-refractivity contribution in [3.05, 3.63) is 58.7 Å². The van der Waals surface area contributed by atoms with Crippen LogP contribution in [0.15, 0.2) is 36.4 Å². The molecular weight excluding hydrogens is 246 g/mol. The van der Waals surface area contributed by atoms with Gasteiger partial charge < -0.3 is 10.4 Å². The number of phenols is 1. The van der Waals surface area contributed by atoms with E-state index < -0.39 is 0 Å². The van der Waals surface area contributed by atoms with E-state index in [2.05, 4.69) is 43.4 Å². The normalized spacial score (nSPS) is 12.2. The van der Waals surface area contributed by atoms with Gasteiger partial charge in [0.15, 0.2) is 0 Å². The highest BCUT2D eigenvalue weighted by molar-refractivity contribution is 5.57. The van der Waals surface area contributed by atoms with Gasteiger partial charge in [-0.3, -0.25) is 0 Å². The van der Waals surface area contributed by atoms with Crippen molar-refractivity contribution in [1.82, 2.24) is 0 Å². The Bertz CT molecular complexity index is 587. The molecule has 1 unspecified atom stereocenters. The summed E-state index contributed by atoms with van der Waals surface area (Å²) in [5.74, 6) is 0.355. The first kappa shape index (κ1) is 14.4. The van der Waals surface area contributed by atoms with Gasteiger partial charge in [-0.1, -0.05) is 31.2 Å². The molecule has 2 N–H and O–H groups in total. The predicted molar refractivity (Wildman–Crippen MR) is 85.4 cm³/mol. The van der Waals surface area contributed by atoms with Crippen LogP contribution >= 0.6 is 0 Å². The second-order valence-corrected chi connectivity index (χ2v) is 5.41. The van der Waals surface area contributed by atoms with Crippen LogP contribution in [0.3, 0.4) is 0 Å². The van der Waals surface area contributed by atoms with Crippen molar-refractivity contribution in [3.63, 3.8) is 0 Å². The van der Waals surface area contributed by atoms with Gasteiger partial charge in [0.25, 0.3) is 0 Å². The minimum absolute atomic E-state index is 0.239. The van der Waals surface area contributed by atoms with E-state index in [0.717, 1.165) is 23.2 Å². The lowest BCUT2D eigenvalue weighted by atomic mass is 10.0. The average molecular weight is 269 g/mol. The third-order valence-corrected chi connectivity index (χ3v) is 3.80. The highest BCUT2D eigenvalue weighted by Crippen LogP contribution is 2.28. The van der Waals surface area contributed by atoms with Crippen LogP contribution in [-0.2, 0) is 6.42 Å². The SMILES string of the molecule is CCc1ccc(C(C)Nc2cc(C)c(O)cc2C)cc1. The summed E-state index contributed by atoms with van der Waals surface area (Å²) in [6, 6.07) is 12.8. The van der Waals surface area contributed by atoms with Gasteiger partial charge in [-0.2, -0.15) is 0 Å². The smallest absolute Gasteiger partial charge is 0.118 e. The summed E-state index contributed by atoms with van der Waals surface area (Å²) < 4.78 is 0. The molecule has 0 saturated heterocycles. The summed E-state index contributed by atoms with van der Waals surface area (Å²) in [6.45, 7) is 8.25. The molecule has 2 aromatic carbocycles. The molecule has 0 aliphatic carbocycles.